The summed E-state index contributed by atoms with van der Waals surface area (Å²) in [5, 5.41) is 12.5. The Labute approximate surface area is 91.1 Å². The minimum absolute atomic E-state index is 0.525. The Bertz CT molecular complexity index is 335. The van der Waals surface area contributed by atoms with E-state index in [0.717, 1.165) is 38.0 Å². The number of rotatable bonds is 1. The Hall–Kier alpha value is -1.27. The van der Waals surface area contributed by atoms with E-state index < -0.39 is 0 Å². The topological polar surface area (TPSA) is 39.1 Å². The first-order valence-corrected chi connectivity index (χ1v) is 5.59. The highest BCUT2D eigenvalue weighted by molar-refractivity contribution is 5.40. The molecule has 0 saturated carbocycles. The normalized spacial score (nSPS) is 26.7. The molecule has 0 amide bonds. The molecule has 3 nitrogen and oxygen atoms in total. The Kier molecular flexibility index (Phi) is 3.08. The number of nitriles is 1. The van der Waals surface area contributed by atoms with Crippen molar-refractivity contribution in [3.8, 4) is 6.07 Å². The van der Waals surface area contributed by atoms with Gasteiger partial charge in [-0.2, -0.15) is 5.26 Å². The monoisotopic (exact) mass is 203 g/mol. The summed E-state index contributed by atoms with van der Waals surface area (Å²) in [7, 11) is 0. The van der Waals surface area contributed by atoms with Crippen molar-refractivity contribution in [1.29, 1.82) is 5.26 Å². The van der Waals surface area contributed by atoms with Gasteiger partial charge in [-0.1, -0.05) is 6.08 Å². The lowest BCUT2D eigenvalue weighted by Crippen LogP contribution is -2.48. The summed E-state index contributed by atoms with van der Waals surface area (Å²) in [5.74, 6) is 0. The van der Waals surface area contributed by atoms with Crippen LogP contribution in [0.1, 0.15) is 19.8 Å². The van der Waals surface area contributed by atoms with Crippen LogP contribution in [0.15, 0.2) is 23.4 Å². The SMILES string of the molecule is CC1CN(C2=C(C#N)C=CCC2)CCN1. The van der Waals surface area contributed by atoms with Crippen molar-refractivity contribution in [3.63, 3.8) is 0 Å². The summed E-state index contributed by atoms with van der Waals surface area (Å²) in [6.45, 7) is 5.26. The number of nitrogens with one attached hydrogen (secondary N) is 1. The van der Waals surface area contributed by atoms with Crippen LogP contribution < -0.4 is 5.32 Å². The van der Waals surface area contributed by atoms with Gasteiger partial charge in [-0.05, 0) is 25.8 Å². The summed E-state index contributed by atoms with van der Waals surface area (Å²) in [5.41, 5.74) is 2.10. The Balaban J connectivity index is 2.17. The molecule has 2 aliphatic rings. The van der Waals surface area contributed by atoms with Crippen molar-refractivity contribution in [3.05, 3.63) is 23.4 Å². The highest BCUT2D eigenvalue weighted by atomic mass is 15.2. The van der Waals surface area contributed by atoms with Crippen molar-refractivity contribution in [1.82, 2.24) is 10.2 Å². The van der Waals surface area contributed by atoms with Gasteiger partial charge in [0.25, 0.3) is 0 Å². The summed E-state index contributed by atoms with van der Waals surface area (Å²) in [6, 6.07) is 2.82. The minimum Gasteiger partial charge on any atom is -0.371 e. The Morgan fingerprint density at radius 3 is 3.20 bits per heavy atom. The summed E-state index contributed by atoms with van der Waals surface area (Å²) in [6.07, 6.45) is 6.14. The molecule has 1 heterocycles. The molecular formula is C12H17N3. The quantitative estimate of drug-likeness (QED) is 0.700. The van der Waals surface area contributed by atoms with Gasteiger partial charge in [0.15, 0.2) is 0 Å². The van der Waals surface area contributed by atoms with Crippen molar-refractivity contribution in [2.75, 3.05) is 19.6 Å². The highest BCUT2D eigenvalue weighted by Gasteiger charge is 2.20. The van der Waals surface area contributed by atoms with Crippen molar-refractivity contribution in [2.24, 2.45) is 0 Å². The predicted molar refractivity (Wildman–Crippen MR) is 60.1 cm³/mol. The van der Waals surface area contributed by atoms with Crippen LogP contribution >= 0.6 is 0 Å². The van der Waals surface area contributed by atoms with Crippen LogP contribution in [0.25, 0.3) is 0 Å². The maximum absolute atomic E-state index is 9.06. The fourth-order valence-corrected chi connectivity index (χ4v) is 2.26. The van der Waals surface area contributed by atoms with Gasteiger partial charge in [0.05, 0.1) is 5.57 Å². The molecule has 1 atom stereocenters. The molecule has 1 N–H and O–H groups in total. The van der Waals surface area contributed by atoms with E-state index in [2.05, 4.69) is 29.3 Å². The molecule has 2 rings (SSSR count). The first-order valence-electron chi connectivity index (χ1n) is 5.59. The fraction of sp³-hybridized carbons (Fsp3) is 0.583. The van der Waals surface area contributed by atoms with E-state index in [1.165, 1.54) is 5.70 Å². The Morgan fingerprint density at radius 2 is 2.47 bits per heavy atom. The summed E-state index contributed by atoms with van der Waals surface area (Å²) in [4.78, 5) is 2.36. The Morgan fingerprint density at radius 1 is 1.60 bits per heavy atom. The molecule has 0 spiro atoms. The van der Waals surface area contributed by atoms with Crippen LogP contribution in [-0.2, 0) is 0 Å². The van der Waals surface area contributed by atoms with E-state index in [1.54, 1.807) is 0 Å². The van der Waals surface area contributed by atoms with Crippen LogP contribution in [0.3, 0.4) is 0 Å². The maximum atomic E-state index is 9.06. The van der Waals surface area contributed by atoms with E-state index in [4.69, 9.17) is 5.26 Å². The van der Waals surface area contributed by atoms with Gasteiger partial charge in [0, 0.05) is 31.4 Å². The van der Waals surface area contributed by atoms with Gasteiger partial charge in [-0.15, -0.1) is 0 Å². The second-order valence-electron chi connectivity index (χ2n) is 4.21. The van der Waals surface area contributed by atoms with Gasteiger partial charge in [0.2, 0.25) is 0 Å². The van der Waals surface area contributed by atoms with Crippen LogP contribution in [-0.4, -0.2) is 30.6 Å². The van der Waals surface area contributed by atoms with Crippen molar-refractivity contribution in [2.45, 2.75) is 25.8 Å². The molecule has 0 radical (unpaired) electrons. The molecule has 3 heteroatoms. The molecule has 0 aromatic heterocycles. The third kappa shape index (κ3) is 2.21. The lowest BCUT2D eigenvalue weighted by Gasteiger charge is -2.36. The van der Waals surface area contributed by atoms with E-state index in [1.807, 2.05) is 6.08 Å². The molecule has 1 saturated heterocycles. The lowest BCUT2D eigenvalue weighted by molar-refractivity contribution is 0.247. The average Bonchev–Trinajstić information content (AvgIpc) is 2.29. The standard InChI is InChI=1S/C12H17N3/c1-10-9-15(7-6-14-10)12-5-3-2-4-11(12)8-13/h2,4,10,14H,3,5-7,9H2,1H3. The van der Waals surface area contributed by atoms with Gasteiger partial charge in [-0.25, -0.2) is 0 Å². The van der Waals surface area contributed by atoms with Crippen LogP contribution in [0, 0.1) is 11.3 Å². The largest absolute Gasteiger partial charge is 0.371 e. The molecule has 0 aromatic rings. The van der Waals surface area contributed by atoms with E-state index >= 15 is 0 Å². The van der Waals surface area contributed by atoms with Gasteiger partial charge < -0.3 is 10.2 Å². The van der Waals surface area contributed by atoms with Crippen molar-refractivity contribution < 1.29 is 0 Å². The molecule has 0 bridgehead atoms. The highest BCUT2D eigenvalue weighted by Crippen LogP contribution is 2.23. The molecule has 1 aliphatic carbocycles. The molecule has 1 unspecified atom stereocenters. The predicted octanol–water partition coefficient (Wildman–Crippen LogP) is 1.41. The van der Waals surface area contributed by atoms with Gasteiger partial charge in [-0.3, -0.25) is 0 Å². The fourth-order valence-electron chi connectivity index (χ4n) is 2.26. The summed E-state index contributed by atoms with van der Waals surface area (Å²) < 4.78 is 0. The first kappa shape index (κ1) is 10.3. The molecular weight excluding hydrogens is 186 g/mol. The average molecular weight is 203 g/mol. The van der Waals surface area contributed by atoms with Crippen molar-refractivity contribution >= 4 is 0 Å². The second kappa shape index (κ2) is 4.50. The zero-order chi connectivity index (χ0) is 10.7. The van der Waals surface area contributed by atoms with E-state index in [9.17, 15) is 0 Å². The molecule has 15 heavy (non-hydrogen) atoms. The number of nitrogens with zero attached hydrogens (tertiary/aromatic N) is 2. The second-order valence-corrected chi connectivity index (χ2v) is 4.21. The lowest BCUT2D eigenvalue weighted by atomic mass is 10.0. The maximum Gasteiger partial charge on any atom is 0.101 e. The number of hydrogen-bond acceptors (Lipinski definition) is 3. The molecule has 80 valence electrons. The number of allylic oxidation sites excluding steroid dienone is 4. The van der Waals surface area contributed by atoms with Crippen LogP contribution in [0.2, 0.25) is 0 Å². The molecule has 0 aromatic carbocycles. The molecule has 1 aliphatic heterocycles. The minimum atomic E-state index is 0.525. The first-order chi connectivity index (χ1) is 7.31. The van der Waals surface area contributed by atoms with Gasteiger partial charge >= 0.3 is 0 Å². The zero-order valence-electron chi connectivity index (χ0n) is 9.16. The smallest absolute Gasteiger partial charge is 0.101 e. The van der Waals surface area contributed by atoms with E-state index in [-0.39, 0.29) is 0 Å². The third-order valence-electron chi connectivity index (χ3n) is 3.01. The number of hydrogen-bond donors (Lipinski definition) is 1. The summed E-state index contributed by atoms with van der Waals surface area (Å²) >= 11 is 0. The molecule has 1 fully saturated rings. The van der Waals surface area contributed by atoms with Gasteiger partial charge in [0.1, 0.15) is 6.07 Å². The third-order valence-corrected chi connectivity index (χ3v) is 3.01. The number of piperazine rings is 1. The zero-order valence-corrected chi connectivity index (χ0v) is 9.16. The van der Waals surface area contributed by atoms with Crippen LogP contribution in [0.4, 0.5) is 0 Å². The van der Waals surface area contributed by atoms with Crippen LogP contribution in [0.5, 0.6) is 0 Å². The van der Waals surface area contributed by atoms with E-state index in [0.29, 0.717) is 6.04 Å².